The van der Waals surface area contributed by atoms with E-state index in [1.54, 1.807) is 30.3 Å². The van der Waals surface area contributed by atoms with Gasteiger partial charge < -0.3 is 16.2 Å². The number of carbonyl (C=O) groups excluding carboxylic acids is 1. The number of nitrogens with two attached hydrogens (primary N) is 1. The molecular formula is C14H13ClN2O2. The van der Waals surface area contributed by atoms with Crippen LogP contribution in [0.1, 0.15) is 15.9 Å². The van der Waals surface area contributed by atoms with Gasteiger partial charge in [-0.3, -0.25) is 4.79 Å². The van der Waals surface area contributed by atoms with Crippen molar-refractivity contribution in [3.05, 3.63) is 52.5 Å². The van der Waals surface area contributed by atoms with E-state index in [0.717, 1.165) is 5.56 Å². The van der Waals surface area contributed by atoms with Gasteiger partial charge in [-0.05, 0) is 42.8 Å². The zero-order valence-electron chi connectivity index (χ0n) is 10.3. The molecule has 0 saturated carbocycles. The third-order valence-electron chi connectivity index (χ3n) is 2.64. The summed E-state index contributed by atoms with van der Waals surface area (Å²) in [5.74, 6) is -0.512. The smallest absolute Gasteiger partial charge is 0.259 e. The summed E-state index contributed by atoms with van der Waals surface area (Å²) in [7, 11) is 0. The fourth-order valence-corrected chi connectivity index (χ4v) is 1.83. The number of aromatic hydroxyl groups is 1. The van der Waals surface area contributed by atoms with Crippen LogP contribution in [0.25, 0.3) is 0 Å². The zero-order chi connectivity index (χ0) is 14.0. The van der Waals surface area contributed by atoms with E-state index in [2.05, 4.69) is 5.32 Å². The molecule has 0 atom stereocenters. The Morgan fingerprint density at radius 1 is 1.26 bits per heavy atom. The number of carbonyl (C=O) groups is 1. The highest BCUT2D eigenvalue weighted by atomic mass is 35.5. The summed E-state index contributed by atoms with van der Waals surface area (Å²) >= 11 is 5.96. The summed E-state index contributed by atoms with van der Waals surface area (Å²) in [6.45, 7) is 1.83. The molecule has 19 heavy (non-hydrogen) atoms. The second-order valence-corrected chi connectivity index (χ2v) is 4.62. The van der Waals surface area contributed by atoms with Gasteiger partial charge in [0.2, 0.25) is 0 Å². The molecule has 0 fully saturated rings. The van der Waals surface area contributed by atoms with Crippen LogP contribution < -0.4 is 11.1 Å². The van der Waals surface area contributed by atoms with E-state index in [1.165, 1.54) is 6.07 Å². The molecule has 0 aliphatic carbocycles. The molecule has 1 amide bonds. The number of phenols is 1. The van der Waals surface area contributed by atoms with Crippen LogP contribution in [0.5, 0.6) is 5.75 Å². The molecule has 0 aromatic heterocycles. The van der Waals surface area contributed by atoms with Crippen molar-refractivity contribution in [2.75, 3.05) is 11.1 Å². The van der Waals surface area contributed by atoms with E-state index >= 15 is 0 Å². The first-order valence-electron chi connectivity index (χ1n) is 5.63. The Labute approximate surface area is 115 Å². The lowest BCUT2D eigenvalue weighted by molar-refractivity contribution is 0.102. The van der Waals surface area contributed by atoms with Crippen molar-refractivity contribution in [3.8, 4) is 5.75 Å². The molecule has 4 nitrogen and oxygen atoms in total. The molecule has 0 heterocycles. The Bertz CT molecular complexity index is 641. The van der Waals surface area contributed by atoms with E-state index in [0.29, 0.717) is 16.4 Å². The van der Waals surface area contributed by atoms with E-state index in [-0.39, 0.29) is 11.3 Å². The van der Waals surface area contributed by atoms with Crippen LogP contribution in [0, 0.1) is 6.92 Å². The number of aryl methyl sites for hydroxylation is 1. The van der Waals surface area contributed by atoms with Crippen molar-refractivity contribution < 1.29 is 9.90 Å². The molecule has 2 rings (SSSR count). The maximum absolute atomic E-state index is 12.0. The first kappa shape index (κ1) is 13.2. The second-order valence-electron chi connectivity index (χ2n) is 4.21. The number of phenolic OH excluding ortho intramolecular Hbond substituents is 1. The highest BCUT2D eigenvalue weighted by Crippen LogP contribution is 2.26. The minimum Gasteiger partial charge on any atom is -0.507 e. The molecule has 0 bridgehead atoms. The minimum atomic E-state index is -0.440. The van der Waals surface area contributed by atoms with Gasteiger partial charge in [0, 0.05) is 5.69 Å². The van der Waals surface area contributed by atoms with E-state index in [4.69, 9.17) is 17.3 Å². The van der Waals surface area contributed by atoms with E-state index in [1.807, 2.05) is 6.92 Å². The van der Waals surface area contributed by atoms with E-state index in [9.17, 15) is 9.90 Å². The second kappa shape index (κ2) is 5.20. The molecule has 0 aliphatic heterocycles. The molecule has 2 aromatic rings. The van der Waals surface area contributed by atoms with Gasteiger partial charge in [-0.25, -0.2) is 0 Å². The largest absolute Gasteiger partial charge is 0.507 e. The maximum atomic E-state index is 12.0. The predicted molar refractivity (Wildman–Crippen MR) is 76.7 cm³/mol. The number of nitrogens with one attached hydrogen (secondary N) is 1. The molecular weight excluding hydrogens is 264 g/mol. The monoisotopic (exact) mass is 276 g/mol. The number of amides is 1. The SMILES string of the molecule is Cc1ccc(C(=O)Nc2cc(N)ccc2Cl)c(O)c1. The average Bonchev–Trinajstić information content (AvgIpc) is 2.33. The fourth-order valence-electron chi connectivity index (χ4n) is 1.66. The Morgan fingerprint density at radius 3 is 2.68 bits per heavy atom. The summed E-state index contributed by atoms with van der Waals surface area (Å²) in [5, 5.41) is 12.7. The molecule has 5 heteroatoms. The van der Waals surface area contributed by atoms with Crippen LogP contribution in [0.2, 0.25) is 5.02 Å². The van der Waals surface area contributed by atoms with Crippen molar-refractivity contribution in [3.63, 3.8) is 0 Å². The van der Waals surface area contributed by atoms with Gasteiger partial charge in [-0.2, -0.15) is 0 Å². The topological polar surface area (TPSA) is 75.4 Å². The van der Waals surface area contributed by atoms with Gasteiger partial charge in [-0.1, -0.05) is 17.7 Å². The van der Waals surface area contributed by atoms with Crippen molar-refractivity contribution in [1.82, 2.24) is 0 Å². The molecule has 4 N–H and O–H groups in total. The average molecular weight is 277 g/mol. The van der Waals surface area contributed by atoms with Gasteiger partial charge in [0.1, 0.15) is 5.75 Å². The number of hydrogen-bond donors (Lipinski definition) is 3. The van der Waals surface area contributed by atoms with Crippen molar-refractivity contribution in [2.24, 2.45) is 0 Å². The summed E-state index contributed by atoms with van der Waals surface area (Å²) < 4.78 is 0. The third kappa shape index (κ3) is 2.98. The van der Waals surface area contributed by atoms with Gasteiger partial charge in [0.25, 0.3) is 5.91 Å². The standard InChI is InChI=1S/C14H13ClN2O2/c1-8-2-4-10(13(18)6-8)14(19)17-12-7-9(16)3-5-11(12)15/h2-7,18H,16H2,1H3,(H,17,19). The summed E-state index contributed by atoms with van der Waals surface area (Å²) in [6, 6.07) is 9.62. The number of rotatable bonds is 2. The Hall–Kier alpha value is -2.20. The summed E-state index contributed by atoms with van der Waals surface area (Å²) in [4.78, 5) is 12.0. The first-order valence-corrected chi connectivity index (χ1v) is 6.01. The molecule has 0 saturated heterocycles. The molecule has 0 radical (unpaired) electrons. The molecule has 0 spiro atoms. The van der Waals surface area contributed by atoms with Crippen LogP contribution in [0.4, 0.5) is 11.4 Å². The van der Waals surface area contributed by atoms with Crippen LogP contribution in [0.15, 0.2) is 36.4 Å². The van der Waals surface area contributed by atoms with Crippen LogP contribution in [-0.4, -0.2) is 11.0 Å². The Kier molecular flexibility index (Phi) is 3.62. The highest BCUT2D eigenvalue weighted by Gasteiger charge is 2.12. The highest BCUT2D eigenvalue weighted by molar-refractivity contribution is 6.34. The zero-order valence-corrected chi connectivity index (χ0v) is 11.0. The Balaban J connectivity index is 2.28. The lowest BCUT2D eigenvalue weighted by atomic mass is 10.1. The summed E-state index contributed by atoms with van der Waals surface area (Å²) in [6.07, 6.45) is 0. The Morgan fingerprint density at radius 2 is 2.00 bits per heavy atom. The number of nitrogen functional groups attached to an aromatic ring is 1. The van der Waals surface area contributed by atoms with Gasteiger partial charge in [0.15, 0.2) is 0 Å². The number of halogens is 1. The first-order chi connectivity index (χ1) is 8.97. The minimum absolute atomic E-state index is 0.0717. The summed E-state index contributed by atoms with van der Waals surface area (Å²) in [5.41, 5.74) is 7.59. The van der Waals surface area contributed by atoms with Gasteiger partial charge in [-0.15, -0.1) is 0 Å². The molecule has 0 unspecified atom stereocenters. The predicted octanol–water partition coefficient (Wildman–Crippen LogP) is 3.19. The van der Waals surface area contributed by atoms with Gasteiger partial charge in [0.05, 0.1) is 16.3 Å². The lowest BCUT2D eigenvalue weighted by Gasteiger charge is -2.09. The van der Waals surface area contributed by atoms with Crippen molar-refractivity contribution >= 4 is 28.9 Å². The van der Waals surface area contributed by atoms with Crippen LogP contribution in [0.3, 0.4) is 0 Å². The van der Waals surface area contributed by atoms with Crippen molar-refractivity contribution in [2.45, 2.75) is 6.92 Å². The van der Waals surface area contributed by atoms with Crippen LogP contribution >= 0.6 is 11.6 Å². The normalized spacial score (nSPS) is 10.2. The number of hydrogen-bond acceptors (Lipinski definition) is 3. The fraction of sp³-hybridized carbons (Fsp3) is 0.0714. The molecule has 0 aliphatic rings. The van der Waals surface area contributed by atoms with E-state index < -0.39 is 5.91 Å². The maximum Gasteiger partial charge on any atom is 0.259 e. The third-order valence-corrected chi connectivity index (χ3v) is 2.97. The van der Waals surface area contributed by atoms with Crippen LogP contribution in [-0.2, 0) is 0 Å². The number of anilines is 2. The molecule has 98 valence electrons. The molecule has 2 aromatic carbocycles. The number of benzene rings is 2. The quantitative estimate of drug-likeness (QED) is 0.737. The lowest BCUT2D eigenvalue weighted by Crippen LogP contribution is -2.12. The van der Waals surface area contributed by atoms with Crippen molar-refractivity contribution in [1.29, 1.82) is 0 Å². The van der Waals surface area contributed by atoms with Gasteiger partial charge >= 0.3 is 0 Å².